The fraction of sp³-hybridized carbons (Fsp3) is 0.596. The van der Waals surface area contributed by atoms with Crippen molar-refractivity contribution in [1.29, 1.82) is 0 Å². The molecule has 0 radical (unpaired) electrons. The van der Waals surface area contributed by atoms with Crippen molar-refractivity contribution in [3.8, 4) is 11.5 Å². The Hall–Kier alpha value is -4.23. The first-order chi connectivity index (χ1) is 33.8. The third-order valence-electron chi connectivity index (χ3n) is 14.3. The topological polar surface area (TPSA) is 133 Å². The number of ether oxygens (including phenoxy) is 3. The number of hydrogen-bond donors (Lipinski definition) is 2. The number of rotatable bonds is 34. The zero-order valence-corrected chi connectivity index (χ0v) is 42.0. The first kappa shape index (κ1) is 54.1. The lowest BCUT2D eigenvalue weighted by Gasteiger charge is -2.58. The van der Waals surface area contributed by atoms with Gasteiger partial charge in [0.1, 0.15) is 30.5 Å². The second-order valence-corrected chi connectivity index (χ2v) is 20.6. The van der Waals surface area contributed by atoms with Gasteiger partial charge in [-0.1, -0.05) is 139 Å². The van der Waals surface area contributed by atoms with Gasteiger partial charge in [-0.15, -0.1) is 6.58 Å². The normalized spacial score (nSPS) is 22.1. The summed E-state index contributed by atoms with van der Waals surface area (Å²) in [5.74, 6) is 0.687. The highest BCUT2D eigenvalue weighted by Gasteiger charge is 2.64. The van der Waals surface area contributed by atoms with Gasteiger partial charge in [-0.3, -0.25) is 10.1 Å². The minimum absolute atomic E-state index is 0.0180. The largest absolute Gasteiger partial charge is 0.489 e. The van der Waals surface area contributed by atoms with Crippen LogP contribution in [0.2, 0.25) is 0 Å². The van der Waals surface area contributed by atoms with Crippen LogP contribution in [0.5, 0.6) is 11.5 Å². The Labute approximate surface area is 415 Å². The Morgan fingerprint density at radius 2 is 1.52 bits per heavy atom. The van der Waals surface area contributed by atoms with E-state index in [1.807, 2.05) is 23.9 Å². The minimum Gasteiger partial charge on any atom is -0.489 e. The molecular weight excluding hydrogens is 892 g/mol. The van der Waals surface area contributed by atoms with Crippen LogP contribution in [-0.4, -0.2) is 57.5 Å². The van der Waals surface area contributed by atoms with E-state index in [2.05, 4.69) is 25.6 Å². The predicted octanol–water partition coefficient (Wildman–Crippen LogP) is 14.4. The zero-order chi connectivity index (χ0) is 48.7. The Bertz CT molecular complexity index is 2080. The average molecular weight is 971 g/mol. The second-order valence-electron chi connectivity index (χ2n) is 19.3. The van der Waals surface area contributed by atoms with Crippen molar-refractivity contribution >= 4 is 23.2 Å². The maximum absolute atomic E-state index is 14.8. The summed E-state index contributed by atoms with van der Waals surface area (Å²) in [6.07, 6.45) is 27.7. The van der Waals surface area contributed by atoms with E-state index in [0.717, 1.165) is 72.4 Å². The van der Waals surface area contributed by atoms with E-state index in [4.69, 9.17) is 24.2 Å². The van der Waals surface area contributed by atoms with Crippen LogP contribution in [0.4, 0.5) is 10.1 Å². The Balaban J connectivity index is 1.30. The molecule has 0 spiro atoms. The molecule has 6 atom stereocenters. The number of nitrogens with zero attached hydrogens (tertiary/aromatic N) is 2. The SMILES string of the molecule is C=CCO[C@@]12Oc3ccc(OCc4ccccc4F)cc3[C@H]3[C@H](CCCCO)[C@@H](CCCCO)C=C(C(=NOCc4ccc([N+](=O)[O-])cc4)C[C@@H]1SCCCCCCCCCCCCCCCC)[C@H]32. The van der Waals surface area contributed by atoms with E-state index >= 15 is 0 Å². The van der Waals surface area contributed by atoms with E-state index in [1.165, 1.54) is 95.2 Å². The molecule has 378 valence electrons. The fourth-order valence-corrected chi connectivity index (χ4v) is 12.2. The van der Waals surface area contributed by atoms with Gasteiger partial charge in [-0.05, 0) is 97.2 Å². The number of aliphatic hydroxyl groups excluding tert-OH is 2. The first-order valence-electron chi connectivity index (χ1n) is 26.2. The molecule has 3 aromatic carbocycles. The molecule has 2 N–H and O–H groups in total. The molecule has 0 saturated heterocycles. The minimum atomic E-state index is -1.09. The maximum Gasteiger partial charge on any atom is 0.269 e. The number of nitro benzene ring substituents is 1. The second kappa shape index (κ2) is 29.2. The van der Waals surface area contributed by atoms with Gasteiger partial charge in [0.25, 0.3) is 5.69 Å². The summed E-state index contributed by atoms with van der Waals surface area (Å²) < 4.78 is 35.6. The van der Waals surface area contributed by atoms with E-state index in [0.29, 0.717) is 30.6 Å². The average Bonchev–Trinajstić information content (AvgIpc) is 3.36. The number of hydrogen-bond acceptors (Lipinski definition) is 10. The number of oxime groups is 1. The van der Waals surface area contributed by atoms with Crippen molar-refractivity contribution in [2.24, 2.45) is 22.9 Å². The van der Waals surface area contributed by atoms with E-state index in [1.54, 1.807) is 36.4 Å². The molecule has 1 heterocycles. The summed E-state index contributed by atoms with van der Waals surface area (Å²) >= 11 is 1.89. The summed E-state index contributed by atoms with van der Waals surface area (Å²) in [5, 5.41) is 36.1. The summed E-state index contributed by atoms with van der Waals surface area (Å²) in [6.45, 7) is 7.07. The van der Waals surface area contributed by atoms with Crippen LogP contribution in [0, 0.1) is 33.7 Å². The summed E-state index contributed by atoms with van der Waals surface area (Å²) in [4.78, 5) is 17.2. The number of thioether (sulfide) groups is 1. The molecule has 3 aliphatic rings. The molecule has 1 saturated carbocycles. The predicted molar refractivity (Wildman–Crippen MR) is 276 cm³/mol. The van der Waals surface area contributed by atoms with Crippen LogP contribution < -0.4 is 9.47 Å². The number of halogens is 1. The van der Waals surface area contributed by atoms with E-state index in [-0.39, 0.29) is 73.5 Å². The number of nitro groups is 1. The quantitative estimate of drug-likeness (QED) is 0.0260. The van der Waals surface area contributed by atoms with Gasteiger partial charge in [0.2, 0.25) is 5.79 Å². The first-order valence-corrected chi connectivity index (χ1v) is 27.3. The molecule has 3 aromatic rings. The van der Waals surface area contributed by atoms with Gasteiger partial charge >= 0.3 is 0 Å². The number of allylic oxidation sites excluding steroid dienone is 1. The fourth-order valence-electron chi connectivity index (χ4n) is 10.8. The van der Waals surface area contributed by atoms with Crippen LogP contribution in [0.15, 0.2) is 96.2 Å². The Morgan fingerprint density at radius 3 is 2.17 bits per heavy atom. The van der Waals surface area contributed by atoms with Crippen molar-refractivity contribution < 1.29 is 38.6 Å². The molecular formula is C57H79FN2O8S. The summed E-state index contributed by atoms with van der Waals surface area (Å²) in [7, 11) is 0. The lowest BCUT2D eigenvalue weighted by atomic mass is 9.56. The van der Waals surface area contributed by atoms with Gasteiger partial charge in [0, 0.05) is 48.8 Å². The van der Waals surface area contributed by atoms with Crippen molar-refractivity contribution in [1.82, 2.24) is 0 Å². The zero-order valence-electron chi connectivity index (χ0n) is 41.2. The van der Waals surface area contributed by atoms with Crippen molar-refractivity contribution in [2.75, 3.05) is 25.6 Å². The van der Waals surface area contributed by atoms with E-state index in [9.17, 15) is 24.7 Å². The number of benzene rings is 3. The molecule has 0 aromatic heterocycles. The van der Waals surface area contributed by atoms with Gasteiger partial charge in [0.05, 0.1) is 28.4 Å². The molecule has 1 aliphatic heterocycles. The Kier molecular flexibility index (Phi) is 22.9. The third kappa shape index (κ3) is 15.4. The number of non-ortho nitro benzene ring substituents is 1. The van der Waals surface area contributed by atoms with Crippen molar-refractivity contribution in [3.05, 3.63) is 124 Å². The van der Waals surface area contributed by atoms with Gasteiger partial charge in [-0.2, -0.15) is 11.8 Å². The van der Waals surface area contributed by atoms with Crippen LogP contribution >= 0.6 is 11.8 Å². The van der Waals surface area contributed by atoms with E-state index < -0.39 is 10.7 Å². The van der Waals surface area contributed by atoms with Crippen molar-refractivity contribution in [3.63, 3.8) is 0 Å². The number of unbranched alkanes of at least 4 members (excludes halogenated alkanes) is 15. The third-order valence-corrected chi connectivity index (χ3v) is 15.8. The highest BCUT2D eigenvalue weighted by atomic mass is 32.2. The lowest BCUT2D eigenvalue weighted by Crippen LogP contribution is -2.64. The van der Waals surface area contributed by atoms with Gasteiger partial charge in [0.15, 0.2) is 0 Å². The molecule has 0 bridgehead atoms. The molecule has 10 nitrogen and oxygen atoms in total. The Morgan fingerprint density at radius 1 is 0.855 bits per heavy atom. The monoisotopic (exact) mass is 971 g/mol. The van der Waals surface area contributed by atoms with Crippen LogP contribution in [0.25, 0.3) is 0 Å². The summed E-state index contributed by atoms with van der Waals surface area (Å²) in [6, 6.07) is 19.0. The maximum atomic E-state index is 14.8. The van der Waals surface area contributed by atoms with Crippen LogP contribution in [-0.2, 0) is 22.8 Å². The molecule has 1 fully saturated rings. The molecule has 6 rings (SSSR count). The highest BCUT2D eigenvalue weighted by Crippen LogP contribution is 2.62. The van der Waals surface area contributed by atoms with Gasteiger partial charge in [-0.25, -0.2) is 4.39 Å². The lowest BCUT2D eigenvalue weighted by molar-refractivity contribution is -0.384. The molecule has 2 aliphatic carbocycles. The highest BCUT2D eigenvalue weighted by molar-refractivity contribution is 8.00. The molecule has 0 amide bonds. The van der Waals surface area contributed by atoms with Gasteiger partial charge < -0.3 is 29.3 Å². The van der Waals surface area contributed by atoms with Crippen LogP contribution in [0.1, 0.15) is 164 Å². The molecule has 0 unspecified atom stereocenters. The smallest absolute Gasteiger partial charge is 0.269 e. The van der Waals surface area contributed by atoms with Crippen molar-refractivity contribution in [2.45, 2.75) is 172 Å². The molecule has 69 heavy (non-hydrogen) atoms. The molecule has 12 heteroatoms. The number of aliphatic hydroxyl groups is 2. The summed E-state index contributed by atoms with van der Waals surface area (Å²) in [5.41, 5.74) is 4.12. The standard InChI is InChI=1S/C57H79FN2O8S/c1-3-5-6-7-8-9-10-11-12-13-14-15-16-23-37-69-54-40-52(59-67-41-43-28-30-46(31-29-43)60(63)64)49-38-44(24-19-21-34-61)48(26-20-22-35-62)55-50-39-47(65-42-45-25-17-18-27-51(45)58)32-33-53(50)68-57(54,56(49)55)66-36-4-2/h4,17-18,25,27-33,38-39,44,48,54-56,61-62H,2-3,5-16,19-24,26,34-37,40-42H2,1H3/t44-,48+,54-,55+,56+,57+/m0/s1. The van der Waals surface area contributed by atoms with Crippen LogP contribution in [0.3, 0.4) is 0 Å². The number of fused-ring (bicyclic) bond motifs is 2.